The molecule has 0 heterocycles. The molecule has 0 atom stereocenters. The minimum atomic E-state index is -0.931. The van der Waals surface area contributed by atoms with Gasteiger partial charge in [0.25, 0.3) is 17.1 Å². The van der Waals surface area contributed by atoms with E-state index in [0.29, 0.717) is 18.2 Å². The van der Waals surface area contributed by atoms with E-state index in [2.05, 4.69) is 74.5 Å². The Balaban J connectivity index is 0.000000181. The third-order valence-electron chi connectivity index (χ3n) is 6.10. The first-order valence-electron chi connectivity index (χ1n) is 11.1. The number of nitro benzene ring substituents is 3. The molecule has 0 fully saturated rings. The zero-order chi connectivity index (χ0) is 26.0. The molecule has 0 bridgehead atoms. The highest BCUT2D eigenvalue weighted by atomic mass is 16.6. The maximum absolute atomic E-state index is 10.3. The van der Waals surface area contributed by atoms with Crippen LogP contribution in [0.5, 0.6) is 0 Å². The van der Waals surface area contributed by atoms with Crippen molar-refractivity contribution in [2.75, 3.05) is 0 Å². The highest BCUT2D eigenvalue weighted by molar-refractivity contribution is 6.12. The Morgan fingerprint density at radius 2 is 1.08 bits per heavy atom. The number of hydrogen-bond acceptors (Lipinski definition) is 6. The van der Waals surface area contributed by atoms with E-state index in [-0.39, 0.29) is 0 Å². The van der Waals surface area contributed by atoms with E-state index in [4.69, 9.17) is 0 Å². The predicted molar refractivity (Wildman–Crippen MR) is 139 cm³/mol. The monoisotopic (exact) mass is 483 g/mol. The predicted octanol–water partition coefficient (Wildman–Crippen LogP) is 7.43. The lowest BCUT2D eigenvalue weighted by atomic mass is 9.93. The van der Waals surface area contributed by atoms with Gasteiger partial charge in [-0.05, 0) is 68.9 Å². The van der Waals surface area contributed by atoms with E-state index < -0.39 is 31.8 Å². The maximum Gasteiger partial charge on any atom is 0.283 e. The van der Waals surface area contributed by atoms with Gasteiger partial charge in [0, 0.05) is 0 Å². The second-order valence-corrected chi connectivity index (χ2v) is 8.27. The van der Waals surface area contributed by atoms with Gasteiger partial charge in [0.05, 0.1) is 33.0 Å². The molecule has 0 aromatic heterocycles. The van der Waals surface area contributed by atoms with Crippen LogP contribution in [-0.2, 0) is 6.42 Å². The summed E-state index contributed by atoms with van der Waals surface area (Å²) in [5, 5.41) is 39.0. The Morgan fingerprint density at radius 1 is 0.583 bits per heavy atom. The van der Waals surface area contributed by atoms with Gasteiger partial charge in [-0.3, -0.25) is 30.3 Å². The van der Waals surface area contributed by atoms with Gasteiger partial charge in [0.1, 0.15) is 0 Å². The molecule has 5 aromatic rings. The highest BCUT2D eigenvalue weighted by Gasteiger charge is 2.21. The molecule has 0 saturated heterocycles. The second kappa shape index (κ2) is 9.75. The van der Waals surface area contributed by atoms with Gasteiger partial charge in [-0.25, -0.2) is 0 Å². The maximum atomic E-state index is 10.3. The standard InChI is InChI=1S/C21H18.C6H3N3O6/c1-3-18-14(2)8-10-20-19(18)11-9-17-12-15-6-4-5-7-16(15)13-21(17)20;10-7(11)4-1-5(8(12)13)3-6(2-4)9(14)15/h4-13H,3H2,1-2H3;1-3H. The molecule has 0 radical (unpaired) electrons. The molecule has 5 aromatic carbocycles. The molecule has 0 spiro atoms. The number of nitrogens with zero attached hydrogens (tertiary/aromatic N) is 3. The van der Waals surface area contributed by atoms with Crippen LogP contribution in [0.15, 0.2) is 78.9 Å². The van der Waals surface area contributed by atoms with Gasteiger partial charge >= 0.3 is 0 Å². The quantitative estimate of drug-likeness (QED) is 0.113. The van der Waals surface area contributed by atoms with Gasteiger partial charge in [-0.15, -0.1) is 0 Å². The Morgan fingerprint density at radius 3 is 1.58 bits per heavy atom. The second-order valence-electron chi connectivity index (χ2n) is 8.27. The number of aryl methyl sites for hydroxylation is 2. The highest BCUT2D eigenvalue weighted by Crippen LogP contribution is 2.32. The van der Waals surface area contributed by atoms with Crippen LogP contribution >= 0.6 is 0 Å². The van der Waals surface area contributed by atoms with Gasteiger partial charge in [-0.2, -0.15) is 0 Å². The molecule has 0 aliphatic rings. The third-order valence-corrected chi connectivity index (χ3v) is 6.10. The Kier molecular flexibility index (Phi) is 6.56. The minimum absolute atomic E-state index is 0.660. The van der Waals surface area contributed by atoms with E-state index in [9.17, 15) is 30.3 Å². The Labute approximate surface area is 205 Å². The largest absolute Gasteiger partial charge is 0.283 e. The Hall–Kier alpha value is -4.92. The lowest BCUT2D eigenvalue weighted by Crippen LogP contribution is -1.96. The zero-order valence-corrected chi connectivity index (χ0v) is 19.5. The average Bonchev–Trinajstić information content (AvgIpc) is 2.87. The van der Waals surface area contributed by atoms with Crippen LogP contribution in [-0.4, -0.2) is 14.8 Å². The summed E-state index contributed by atoms with van der Waals surface area (Å²) >= 11 is 0. The van der Waals surface area contributed by atoms with Crippen molar-refractivity contribution in [3.8, 4) is 0 Å². The molecular formula is C27H21N3O6. The summed E-state index contributed by atoms with van der Waals surface area (Å²) in [6, 6.07) is 24.3. The number of non-ortho nitro benzene ring substituents is 3. The van der Waals surface area contributed by atoms with Gasteiger partial charge in [0.2, 0.25) is 0 Å². The number of hydrogen-bond donors (Lipinski definition) is 0. The van der Waals surface area contributed by atoms with Crippen molar-refractivity contribution in [3.63, 3.8) is 0 Å². The Bertz CT molecular complexity index is 1600. The summed E-state index contributed by atoms with van der Waals surface area (Å²) in [6.45, 7) is 4.45. The topological polar surface area (TPSA) is 129 Å². The normalized spacial score (nSPS) is 10.7. The SMILES string of the molecule is CCc1c(C)ccc2c1ccc1cc3ccccc3cc12.O=[N+]([O-])c1cc([N+](=O)[O-])cc([N+](=O)[O-])c1. The van der Waals surface area contributed by atoms with E-state index >= 15 is 0 Å². The summed E-state index contributed by atoms with van der Waals surface area (Å²) in [4.78, 5) is 28.1. The van der Waals surface area contributed by atoms with E-state index in [0.717, 1.165) is 6.42 Å². The van der Waals surface area contributed by atoms with Crippen LogP contribution in [0.4, 0.5) is 17.1 Å². The van der Waals surface area contributed by atoms with E-state index in [1.54, 1.807) is 0 Å². The molecule has 0 unspecified atom stereocenters. The molecule has 0 N–H and O–H groups in total. The molecule has 5 rings (SSSR count). The molecule has 36 heavy (non-hydrogen) atoms. The van der Waals surface area contributed by atoms with Crippen LogP contribution in [0.25, 0.3) is 32.3 Å². The zero-order valence-electron chi connectivity index (χ0n) is 19.5. The molecule has 180 valence electrons. The first-order valence-corrected chi connectivity index (χ1v) is 11.1. The summed E-state index contributed by atoms with van der Waals surface area (Å²) < 4.78 is 0. The minimum Gasteiger partial charge on any atom is -0.258 e. The summed E-state index contributed by atoms with van der Waals surface area (Å²) in [5.74, 6) is 0. The van der Waals surface area contributed by atoms with Crippen LogP contribution < -0.4 is 0 Å². The van der Waals surface area contributed by atoms with Crippen molar-refractivity contribution in [3.05, 3.63) is 120 Å². The summed E-state index contributed by atoms with van der Waals surface area (Å²) in [6.07, 6.45) is 1.09. The summed E-state index contributed by atoms with van der Waals surface area (Å²) in [5.41, 5.74) is 0.815. The van der Waals surface area contributed by atoms with Crippen molar-refractivity contribution < 1.29 is 14.8 Å². The lowest BCUT2D eigenvalue weighted by Gasteiger charge is -2.11. The van der Waals surface area contributed by atoms with Crippen LogP contribution in [0, 0.1) is 37.3 Å². The number of nitro groups is 3. The first-order chi connectivity index (χ1) is 17.2. The van der Waals surface area contributed by atoms with Crippen LogP contribution in [0.2, 0.25) is 0 Å². The number of fused-ring (bicyclic) bond motifs is 4. The lowest BCUT2D eigenvalue weighted by molar-refractivity contribution is -0.403. The summed E-state index contributed by atoms with van der Waals surface area (Å²) in [7, 11) is 0. The molecule has 0 aliphatic carbocycles. The van der Waals surface area contributed by atoms with E-state index in [1.165, 1.54) is 43.4 Å². The van der Waals surface area contributed by atoms with E-state index in [1.807, 2.05) is 0 Å². The van der Waals surface area contributed by atoms with Crippen LogP contribution in [0.3, 0.4) is 0 Å². The molecule has 0 aliphatic heterocycles. The van der Waals surface area contributed by atoms with Crippen molar-refractivity contribution >= 4 is 49.4 Å². The number of rotatable bonds is 4. The fraction of sp³-hybridized carbons (Fsp3) is 0.111. The van der Waals surface area contributed by atoms with Gasteiger partial charge in [0.15, 0.2) is 0 Å². The van der Waals surface area contributed by atoms with Crippen LogP contribution in [0.1, 0.15) is 18.1 Å². The number of benzene rings is 5. The average molecular weight is 483 g/mol. The van der Waals surface area contributed by atoms with Crippen molar-refractivity contribution in [2.24, 2.45) is 0 Å². The van der Waals surface area contributed by atoms with Crippen molar-refractivity contribution in [1.29, 1.82) is 0 Å². The van der Waals surface area contributed by atoms with Crippen molar-refractivity contribution in [2.45, 2.75) is 20.3 Å². The fourth-order valence-corrected chi connectivity index (χ4v) is 4.37. The molecular weight excluding hydrogens is 462 g/mol. The smallest absolute Gasteiger partial charge is 0.258 e. The van der Waals surface area contributed by atoms with Gasteiger partial charge in [-0.1, -0.05) is 55.5 Å². The van der Waals surface area contributed by atoms with Gasteiger partial charge < -0.3 is 0 Å². The van der Waals surface area contributed by atoms with Crippen molar-refractivity contribution in [1.82, 2.24) is 0 Å². The molecule has 0 amide bonds. The molecule has 9 heteroatoms. The third kappa shape index (κ3) is 4.67. The molecule has 9 nitrogen and oxygen atoms in total. The first kappa shape index (κ1) is 24.2. The molecule has 0 saturated carbocycles. The fourth-order valence-electron chi connectivity index (χ4n) is 4.37.